The molecule has 1 aromatic carbocycles. The van der Waals surface area contributed by atoms with E-state index in [1.54, 1.807) is 24.3 Å². The number of hydrogen-bond donors (Lipinski definition) is 2. The molecule has 1 fully saturated rings. The molecule has 2 N–H and O–H groups in total. The van der Waals surface area contributed by atoms with Gasteiger partial charge in [-0.15, -0.1) is 0 Å². The zero-order valence-electron chi connectivity index (χ0n) is 12.3. The molecule has 1 heterocycles. The highest BCUT2D eigenvalue weighted by atomic mass is 16.3. The lowest BCUT2D eigenvalue weighted by atomic mass is 10.1. The quantitative estimate of drug-likeness (QED) is 0.819. The van der Waals surface area contributed by atoms with Gasteiger partial charge in [-0.3, -0.25) is 4.79 Å². The molecule has 1 unspecified atom stereocenters. The Kier molecular flexibility index (Phi) is 5.33. The van der Waals surface area contributed by atoms with Crippen LogP contribution in [-0.4, -0.2) is 41.0 Å². The predicted molar refractivity (Wildman–Crippen MR) is 81.5 cm³/mol. The number of carbonyl (C=O) groups is 2. The van der Waals surface area contributed by atoms with E-state index in [0.29, 0.717) is 17.7 Å². The van der Waals surface area contributed by atoms with Gasteiger partial charge in [-0.2, -0.15) is 0 Å². The molecule has 1 aliphatic heterocycles. The van der Waals surface area contributed by atoms with E-state index in [-0.39, 0.29) is 24.5 Å². The number of urea groups is 1. The molecule has 1 saturated heterocycles. The molecule has 1 aromatic rings. The van der Waals surface area contributed by atoms with Crippen LogP contribution in [0.5, 0.6) is 0 Å². The van der Waals surface area contributed by atoms with Crippen molar-refractivity contribution in [3.8, 4) is 0 Å². The third-order valence-electron chi connectivity index (χ3n) is 3.85. The van der Waals surface area contributed by atoms with Crippen LogP contribution < -0.4 is 5.32 Å². The van der Waals surface area contributed by atoms with Crippen LogP contribution in [0.3, 0.4) is 0 Å². The minimum absolute atomic E-state index is 0.0203. The molecule has 1 atom stereocenters. The number of ketones is 1. The minimum Gasteiger partial charge on any atom is -0.396 e. The number of amides is 2. The second-order valence-electron chi connectivity index (χ2n) is 5.42. The van der Waals surface area contributed by atoms with Gasteiger partial charge in [0.1, 0.15) is 0 Å². The summed E-state index contributed by atoms with van der Waals surface area (Å²) in [6.07, 6.45) is 3.53. The van der Waals surface area contributed by atoms with Crippen molar-refractivity contribution in [2.75, 3.05) is 18.5 Å². The lowest BCUT2D eigenvalue weighted by Crippen LogP contribution is -2.38. The second-order valence-corrected chi connectivity index (χ2v) is 5.42. The molecule has 2 rings (SSSR count). The van der Waals surface area contributed by atoms with Gasteiger partial charge >= 0.3 is 6.03 Å². The smallest absolute Gasteiger partial charge is 0.322 e. The van der Waals surface area contributed by atoms with Crippen molar-refractivity contribution in [1.29, 1.82) is 0 Å². The highest BCUT2D eigenvalue weighted by molar-refractivity contribution is 5.96. The topological polar surface area (TPSA) is 69.6 Å². The summed E-state index contributed by atoms with van der Waals surface area (Å²) in [5.74, 6) is -0.0203. The van der Waals surface area contributed by atoms with Crippen molar-refractivity contribution in [2.24, 2.45) is 0 Å². The van der Waals surface area contributed by atoms with E-state index < -0.39 is 0 Å². The first-order chi connectivity index (χ1) is 10.1. The van der Waals surface area contributed by atoms with Crippen LogP contribution in [0.2, 0.25) is 0 Å². The Morgan fingerprint density at radius 3 is 2.95 bits per heavy atom. The fourth-order valence-corrected chi connectivity index (χ4v) is 2.74. The van der Waals surface area contributed by atoms with Crippen molar-refractivity contribution in [3.05, 3.63) is 29.8 Å². The lowest BCUT2D eigenvalue weighted by Gasteiger charge is -2.25. The fraction of sp³-hybridized carbons (Fsp3) is 0.500. The van der Waals surface area contributed by atoms with Crippen LogP contribution >= 0.6 is 0 Å². The molecule has 0 spiro atoms. The van der Waals surface area contributed by atoms with Crippen molar-refractivity contribution in [2.45, 2.75) is 38.6 Å². The highest BCUT2D eigenvalue weighted by Gasteiger charge is 2.28. The van der Waals surface area contributed by atoms with Crippen molar-refractivity contribution in [1.82, 2.24) is 4.90 Å². The average Bonchev–Trinajstić information content (AvgIpc) is 2.93. The van der Waals surface area contributed by atoms with E-state index in [0.717, 1.165) is 25.8 Å². The number of rotatable bonds is 5. The summed E-state index contributed by atoms with van der Waals surface area (Å²) in [6.45, 7) is 2.41. The molecule has 0 saturated carbocycles. The van der Waals surface area contributed by atoms with Gasteiger partial charge in [-0.25, -0.2) is 4.79 Å². The SMILES string of the molecule is CC(=O)c1cccc(NC(=O)N2CCCC2CCCO)c1. The van der Waals surface area contributed by atoms with Gasteiger partial charge in [-0.1, -0.05) is 12.1 Å². The Morgan fingerprint density at radius 2 is 2.24 bits per heavy atom. The summed E-state index contributed by atoms with van der Waals surface area (Å²) in [5.41, 5.74) is 1.23. The van der Waals surface area contributed by atoms with Crippen molar-refractivity contribution in [3.63, 3.8) is 0 Å². The third-order valence-corrected chi connectivity index (χ3v) is 3.85. The van der Waals surface area contributed by atoms with E-state index in [9.17, 15) is 9.59 Å². The predicted octanol–water partition coefficient (Wildman–Crippen LogP) is 2.66. The van der Waals surface area contributed by atoms with Gasteiger partial charge in [0.2, 0.25) is 0 Å². The summed E-state index contributed by atoms with van der Waals surface area (Å²) < 4.78 is 0. The molecule has 0 aromatic heterocycles. The van der Waals surface area contributed by atoms with E-state index in [2.05, 4.69) is 5.32 Å². The van der Waals surface area contributed by atoms with E-state index in [1.807, 2.05) is 4.90 Å². The fourth-order valence-electron chi connectivity index (χ4n) is 2.74. The number of benzene rings is 1. The molecule has 1 aliphatic rings. The average molecular weight is 290 g/mol. The number of nitrogens with zero attached hydrogens (tertiary/aromatic N) is 1. The minimum atomic E-state index is -0.129. The Bertz CT molecular complexity index is 516. The largest absolute Gasteiger partial charge is 0.396 e. The third kappa shape index (κ3) is 4.04. The summed E-state index contributed by atoms with van der Waals surface area (Å²) in [6, 6.07) is 7.05. The molecule has 5 heteroatoms. The number of hydrogen-bond acceptors (Lipinski definition) is 3. The maximum absolute atomic E-state index is 12.3. The molecule has 21 heavy (non-hydrogen) atoms. The Balaban J connectivity index is 2.00. The summed E-state index contributed by atoms with van der Waals surface area (Å²) in [7, 11) is 0. The molecule has 0 bridgehead atoms. The van der Waals surface area contributed by atoms with Gasteiger partial charge in [-0.05, 0) is 44.7 Å². The first kappa shape index (κ1) is 15.5. The Morgan fingerprint density at radius 1 is 1.43 bits per heavy atom. The summed E-state index contributed by atoms with van der Waals surface area (Å²) >= 11 is 0. The number of nitrogens with one attached hydrogen (secondary N) is 1. The number of aliphatic hydroxyl groups excluding tert-OH is 1. The van der Waals surface area contributed by atoms with Crippen LogP contribution in [0.15, 0.2) is 24.3 Å². The number of carbonyl (C=O) groups excluding carboxylic acids is 2. The molecule has 0 aliphatic carbocycles. The summed E-state index contributed by atoms with van der Waals surface area (Å²) in [4.78, 5) is 25.5. The van der Waals surface area contributed by atoms with Crippen LogP contribution in [0.25, 0.3) is 0 Å². The molecule has 2 amide bonds. The van der Waals surface area contributed by atoms with Crippen LogP contribution in [0.4, 0.5) is 10.5 Å². The van der Waals surface area contributed by atoms with Crippen molar-refractivity contribution >= 4 is 17.5 Å². The number of aliphatic hydroxyl groups is 1. The van der Waals surface area contributed by atoms with E-state index >= 15 is 0 Å². The molecular formula is C16H22N2O3. The molecular weight excluding hydrogens is 268 g/mol. The molecule has 5 nitrogen and oxygen atoms in total. The monoisotopic (exact) mass is 290 g/mol. The normalized spacial score (nSPS) is 17.8. The zero-order valence-corrected chi connectivity index (χ0v) is 12.3. The van der Waals surface area contributed by atoms with Gasteiger partial charge in [0.15, 0.2) is 5.78 Å². The Labute approximate surface area is 125 Å². The number of likely N-dealkylation sites (tertiary alicyclic amines) is 1. The summed E-state index contributed by atoms with van der Waals surface area (Å²) in [5, 5.41) is 11.8. The van der Waals surface area contributed by atoms with Gasteiger partial charge in [0.05, 0.1) is 0 Å². The van der Waals surface area contributed by atoms with Crippen molar-refractivity contribution < 1.29 is 14.7 Å². The maximum Gasteiger partial charge on any atom is 0.322 e. The first-order valence-corrected chi connectivity index (χ1v) is 7.41. The van der Waals surface area contributed by atoms with E-state index in [4.69, 9.17) is 5.11 Å². The molecule has 114 valence electrons. The maximum atomic E-state index is 12.3. The van der Waals surface area contributed by atoms with Gasteiger partial charge < -0.3 is 15.3 Å². The standard InChI is InChI=1S/C16H22N2O3/c1-12(20)13-5-2-6-14(11-13)17-16(21)18-9-3-7-15(18)8-4-10-19/h2,5-6,11,15,19H,3-4,7-10H2,1H3,(H,17,21). The van der Waals surface area contributed by atoms with E-state index in [1.165, 1.54) is 6.92 Å². The number of anilines is 1. The molecule has 0 radical (unpaired) electrons. The Hall–Kier alpha value is -1.88. The van der Waals surface area contributed by atoms with Gasteiger partial charge in [0, 0.05) is 30.4 Å². The number of Topliss-reactive ketones (excluding diaryl/α,β-unsaturated/α-hetero) is 1. The zero-order chi connectivity index (χ0) is 15.2. The highest BCUT2D eigenvalue weighted by Crippen LogP contribution is 2.22. The first-order valence-electron chi connectivity index (χ1n) is 7.41. The van der Waals surface area contributed by atoms with Gasteiger partial charge in [0.25, 0.3) is 0 Å². The van der Waals surface area contributed by atoms with Crippen LogP contribution in [0, 0.1) is 0 Å². The van der Waals surface area contributed by atoms with Crippen LogP contribution in [0.1, 0.15) is 43.0 Å². The second kappa shape index (κ2) is 7.22. The lowest BCUT2D eigenvalue weighted by molar-refractivity contribution is 0.101. The van der Waals surface area contributed by atoms with Crippen LogP contribution in [-0.2, 0) is 0 Å².